The lowest BCUT2D eigenvalue weighted by atomic mass is 9.96. The fourth-order valence-corrected chi connectivity index (χ4v) is 3.22. The lowest BCUT2D eigenvalue weighted by Gasteiger charge is -2.38. The Balaban J connectivity index is 1.93. The van der Waals surface area contributed by atoms with Gasteiger partial charge in [-0.3, -0.25) is 0 Å². The molecule has 0 radical (unpaired) electrons. The van der Waals surface area contributed by atoms with E-state index in [1.165, 1.54) is 36.9 Å². The third kappa shape index (κ3) is 1.71. The van der Waals surface area contributed by atoms with Crippen molar-refractivity contribution < 1.29 is 0 Å². The Kier molecular flexibility index (Phi) is 2.60. The van der Waals surface area contributed by atoms with Crippen LogP contribution in [0, 0.1) is 0 Å². The highest BCUT2D eigenvalue weighted by atomic mass is 15.2. The van der Waals surface area contributed by atoms with Gasteiger partial charge in [-0.1, -0.05) is 31.0 Å². The van der Waals surface area contributed by atoms with Gasteiger partial charge in [0.25, 0.3) is 0 Å². The second-order valence-electron chi connectivity index (χ2n) is 5.18. The number of fused-ring (bicyclic) bond motifs is 1. The zero-order valence-electron chi connectivity index (χ0n) is 9.73. The molecule has 1 aliphatic carbocycles. The normalized spacial score (nSPS) is 25.8. The molecule has 2 aliphatic rings. The van der Waals surface area contributed by atoms with Crippen LogP contribution in [0.5, 0.6) is 0 Å². The number of hydrogen-bond acceptors (Lipinski definition) is 2. The van der Waals surface area contributed by atoms with Crippen molar-refractivity contribution in [1.29, 1.82) is 0 Å². The molecule has 86 valence electrons. The molecule has 1 aromatic rings. The van der Waals surface area contributed by atoms with Crippen molar-refractivity contribution >= 4 is 5.69 Å². The number of rotatable bonds is 1. The SMILES string of the molecule is NC1Cc2ccccc2N(C2CCCC2)C1. The van der Waals surface area contributed by atoms with Crippen LogP contribution in [0.4, 0.5) is 5.69 Å². The number of benzene rings is 1. The zero-order valence-corrected chi connectivity index (χ0v) is 9.73. The molecule has 0 bridgehead atoms. The maximum atomic E-state index is 6.17. The molecule has 0 saturated heterocycles. The van der Waals surface area contributed by atoms with Crippen molar-refractivity contribution in [2.24, 2.45) is 5.73 Å². The summed E-state index contributed by atoms with van der Waals surface area (Å²) in [6.45, 7) is 1.04. The summed E-state index contributed by atoms with van der Waals surface area (Å²) in [7, 11) is 0. The molecule has 2 N–H and O–H groups in total. The lowest BCUT2D eigenvalue weighted by molar-refractivity contribution is 0.529. The average Bonchev–Trinajstić information content (AvgIpc) is 2.81. The maximum absolute atomic E-state index is 6.17. The molecule has 1 saturated carbocycles. The van der Waals surface area contributed by atoms with E-state index < -0.39 is 0 Å². The van der Waals surface area contributed by atoms with Gasteiger partial charge >= 0.3 is 0 Å². The van der Waals surface area contributed by atoms with Gasteiger partial charge in [-0.2, -0.15) is 0 Å². The molecule has 1 heterocycles. The van der Waals surface area contributed by atoms with Gasteiger partial charge in [0.2, 0.25) is 0 Å². The van der Waals surface area contributed by atoms with Gasteiger partial charge in [0.1, 0.15) is 0 Å². The van der Waals surface area contributed by atoms with E-state index in [0.29, 0.717) is 6.04 Å². The van der Waals surface area contributed by atoms with Gasteiger partial charge < -0.3 is 10.6 Å². The topological polar surface area (TPSA) is 29.3 Å². The van der Waals surface area contributed by atoms with Gasteiger partial charge in [0, 0.05) is 24.3 Å². The highest BCUT2D eigenvalue weighted by molar-refractivity contribution is 5.57. The number of nitrogens with two attached hydrogens (primary N) is 1. The summed E-state index contributed by atoms with van der Waals surface area (Å²) in [5, 5.41) is 0. The van der Waals surface area contributed by atoms with E-state index in [2.05, 4.69) is 29.2 Å². The largest absolute Gasteiger partial charge is 0.367 e. The minimum atomic E-state index is 0.315. The average molecular weight is 216 g/mol. The summed E-state index contributed by atoms with van der Waals surface area (Å²) in [5.74, 6) is 0. The van der Waals surface area contributed by atoms with Crippen LogP contribution in [0.15, 0.2) is 24.3 Å². The standard InChI is InChI=1S/C14H20N2/c15-12-9-11-5-1-4-8-14(11)16(10-12)13-6-2-3-7-13/h1,4-5,8,12-13H,2-3,6-7,9-10,15H2. The van der Waals surface area contributed by atoms with E-state index in [4.69, 9.17) is 5.73 Å². The molecule has 1 fully saturated rings. The van der Waals surface area contributed by atoms with Gasteiger partial charge in [-0.15, -0.1) is 0 Å². The Hall–Kier alpha value is -1.02. The predicted octanol–water partition coefficient (Wildman–Crippen LogP) is 2.32. The molecule has 1 aromatic carbocycles. The van der Waals surface area contributed by atoms with Crippen LogP contribution in [-0.2, 0) is 6.42 Å². The molecule has 0 amide bonds. The van der Waals surface area contributed by atoms with Crippen LogP contribution in [0.25, 0.3) is 0 Å². The summed E-state index contributed by atoms with van der Waals surface area (Å²) in [4.78, 5) is 2.57. The van der Waals surface area contributed by atoms with Gasteiger partial charge in [-0.05, 0) is 30.9 Å². The number of nitrogens with zero attached hydrogens (tertiary/aromatic N) is 1. The molecular weight excluding hydrogens is 196 g/mol. The summed E-state index contributed by atoms with van der Waals surface area (Å²) in [6.07, 6.45) is 6.51. The Morgan fingerprint density at radius 3 is 2.69 bits per heavy atom. The van der Waals surface area contributed by atoms with Crippen molar-refractivity contribution in [3.8, 4) is 0 Å². The lowest BCUT2D eigenvalue weighted by Crippen LogP contribution is -2.47. The van der Waals surface area contributed by atoms with Crippen molar-refractivity contribution in [3.63, 3.8) is 0 Å². The molecule has 3 rings (SSSR count). The molecule has 0 spiro atoms. The van der Waals surface area contributed by atoms with Crippen molar-refractivity contribution in [1.82, 2.24) is 0 Å². The maximum Gasteiger partial charge on any atom is 0.0402 e. The van der Waals surface area contributed by atoms with Crippen LogP contribution in [0.1, 0.15) is 31.2 Å². The summed E-state index contributed by atoms with van der Waals surface area (Å²) >= 11 is 0. The Morgan fingerprint density at radius 1 is 1.12 bits per heavy atom. The van der Waals surface area contributed by atoms with Gasteiger partial charge in [0.05, 0.1) is 0 Å². The van der Waals surface area contributed by atoms with Crippen LogP contribution >= 0.6 is 0 Å². The molecule has 1 aliphatic heterocycles. The van der Waals surface area contributed by atoms with E-state index in [0.717, 1.165) is 19.0 Å². The third-order valence-electron chi connectivity index (χ3n) is 3.98. The van der Waals surface area contributed by atoms with Gasteiger partial charge in [0.15, 0.2) is 0 Å². The smallest absolute Gasteiger partial charge is 0.0402 e. The van der Waals surface area contributed by atoms with Crippen molar-refractivity contribution in [3.05, 3.63) is 29.8 Å². The quantitative estimate of drug-likeness (QED) is 0.780. The number of hydrogen-bond donors (Lipinski definition) is 1. The van der Waals surface area contributed by atoms with E-state index in [9.17, 15) is 0 Å². The third-order valence-corrected chi connectivity index (χ3v) is 3.98. The summed E-state index contributed by atoms with van der Waals surface area (Å²) < 4.78 is 0. The Labute approximate surface area is 97.4 Å². The predicted molar refractivity (Wildman–Crippen MR) is 67.7 cm³/mol. The molecule has 2 nitrogen and oxygen atoms in total. The van der Waals surface area contributed by atoms with Crippen LogP contribution in [0.3, 0.4) is 0 Å². The Morgan fingerprint density at radius 2 is 1.88 bits per heavy atom. The van der Waals surface area contributed by atoms with E-state index in [-0.39, 0.29) is 0 Å². The van der Waals surface area contributed by atoms with E-state index in [1.807, 2.05) is 0 Å². The minimum absolute atomic E-state index is 0.315. The fourth-order valence-electron chi connectivity index (χ4n) is 3.22. The first-order chi connectivity index (χ1) is 7.84. The summed E-state index contributed by atoms with van der Waals surface area (Å²) in [5.41, 5.74) is 9.04. The molecule has 2 heteroatoms. The van der Waals surface area contributed by atoms with Gasteiger partial charge in [-0.25, -0.2) is 0 Å². The van der Waals surface area contributed by atoms with Crippen LogP contribution in [-0.4, -0.2) is 18.6 Å². The molecular formula is C14H20N2. The second-order valence-corrected chi connectivity index (χ2v) is 5.18. The van der Waals surface area contributed by atoms with Crippen molar-refractivity contribution in [2.45, 2.75) is 44.2 Å². The van der Waals surface area contributed by atoms with Crippen LogP contribution < -0.4 is 10.6 Å². The first-order valence-electron chi connectivity index (χ1n) is 6.45. The number of para-hydroxylation sites is 1. The van der Waals surface area contributed by atoms with E-state index in [1.54, 1.807) is 0 Å². The summed E-state index contributed by atoms with van der Waals surface area (Å²) in [6, 6.07) is 9.83. The zero-order chi connectivity index (χ0) is 11.0. The second kappa shape index (κ2) is 4.10. The highest BCUT2D eigenvalue weighted by Crippen LogP contribution is 2.33. The molecule has 0 aromatic heterocycles. The monoisotopic (exact) mass is 216 g/mol. The fraction of sp³-hybridized carbons (Fsp3) is 0.571. The Bertz CT molecular complexity index is 369. The molecule has 1 unspecified atom stereocenters. The minimum Gasteiger partial charge on any atom is -0.367 e. The first kappa shape index (κ1) is 10.2. The van der Waals surface area contributed by atoms with E-state index >= 15 is 0 Å². The number of anilines is 1. The van der Waals surface area contributed by atoms with Crippen molar-refractivity contribution in [2.75, 3.05) is 11.4 Å². The van der Waals surface area contributed by atoms with Crippen LogP contribution in [0.2, 0.25) is 0 Å². The molecule has 1 atom stereocenters. The molecule has 16 heavy (non-hydrogen) atoms. The highest BCUT2D eigenvalue weighted by Gasteiger charge is 2.29. The first-order valence-corrected chi connectivity index (χ1v) is 6.45.